The fraction of sp³-hybridized carbons (Fsp3) is 0.316. The number of hydrogen-bond donors (Lipinski definition) is 2. The summed E-state index contributed by atoms with van der Waals surface area (Å²) < 4.78 is 40.2. The minimum atomic E-state index is -3.73. The van der Waals surface area contributed by atoms with Gasteiger partial charge in [-0.1, -0.05) is 6.07 Å². The Hall–Kier alpha value is -2.29. The van der Waals surface area contributed by atoms with E-state index in [0.717, 1.165) is 0 Å². The molecule has 6 nitrogen and oxygen atoms in total. The first-order valence-electron chi connectivity index (χ1n) is 8.63. The second-order valence-electron chi connectivity index (χ2n) is 6.58. The lowest BCUT2D eigenvalue weighted by Gasteiger charge is -2.28. The van der Waals surface area contributed by atoms with Crippen LogP contribution in [0.15, 0.2) is 47.4 Å². The van der Waals surface area contributed by atoms with Gasteiger partial charge in [-0.3, -0.25) is 4.79 Å². The first-order valence-corrected chi connectivity index (χ1v) is 10.1. The standard InChI is InChI=1S/C19H21FN2O4S/c1-13-11-15(5-6-18(13)20)21-19(24)14-3-2-4-17(12-14)27(25,26)22-9-7-16(23)8-10-22/h2-6,11-12,16,23H,7-10H2,1H3,(H,21,24). The summed E-state index contributed by atoms with van der Waals surface area (Å²) in [4.78, 5) is 12.5. The third-order valence-corrected chi connectivity index (χ3v) is 6.47. The van der Waals surface area contributed by atoms with Crippen LogP contribution < -0.4 is 5.32 Å². The molecule has 0 atom stereocenters. The Morgan fingerprint density at radius 2 is 1.89 bits per heavy atom. The highest BCUT2D eigenvalue weighted by Gasteiger charge is 2.29. The number of amides is 1. The molecule has 0 spiro atoms. The van der Waals surface area contributed by atoms with Crippen molar-refractivity contribution < 1.29 is 22.7 Å². The van der Waals surface area contributed by atoms with Crippen LogP contribution in [0.2, 0.25) is 0 Å². The number of sulfonamides is 1. The second kappa shape index (κ2) is 7.75. The monoisotopic (exact) mass is 392 g/mol. The van der Waals surface area contributed by atoms with Crippen molar-refractivity contribution in [1.29, 1.82) is 0 Å². The molecule has 0 unspecified atom stereocenters. The van der Waals surface area contributed by atoms with Gasteiger partial charge >= 0.3 is 0 Å². The zero-order chi connectivity index (χ0) is 19.6. The first kappa shape index (κ1) is 19.5. The van der Waals surface area contributed by atoms with Gasteiger partial charge in [0.1, 0.15) is 5.82 Å². The maximum Gasteiger partial charge on any atom is 0.255 e. The fourth-order valence-electron chi connectivity index (χ4n) is 2.96. The lowest BCUT2D eigenvalue weighted by atomic mass is 10.1. The molecule has 0 aliphatic carbocycles. The highest BCUT2D eigenvalue weighted by molar-refractivity contribution is 7.89. The summed E-state index contributed by atoms with van der Waals surface area (Å²) in [6.07, 6.45) is 0.305. The van der Waals surface area contributed by atoms with E-state index in [2.05, 4.69) is 5.32 Å². The number of halogens is 1. The van der Waals surface area contributed by atoms with Crippen LogP contribution in [-0.4, -0.2) is 42.9 Å². The van der Waals surface area contributed by atoms with Gasteiger partial charge in [-0.05, 0) is 61.7 Å². The molecule has 1 fully saturated rings. The summed E-state index contributed by atoms with van der Waals surface area (Å²) in [6.45, 7) is 2.08. The van der Waals surface area contributed by atoms with Gasteiger partial charge in [0, 0.05) is 24.3 Å². The summed E-state index contributed by atoms with van der Waals surface area (Å²) in [5.74, 6) is -0.847. The van der Waals surface area contributed by atoms with Crippen LogP contribution in [0.1, 0.15) is 28.8 Å². The molecule has 144 valence electrons. The average Bonchev–Trinajstić information content (AvgIpc) is 2.65. The molecule has 1 aliphatic rings. The van der Waals surface area contributed by atoms with Crippen LogP contribution in [0.5, 0.6) is 0 Å². The van der Waals surface area contributed by atoms with E-state index in [-0.39, 0.29) is 29.4 Å². The lowest BCUT2D eigenvalue weighted by molar-refractivity contribution is 0.102. The number of carbonyl (C=O) groups is 1. The largest absolute Gasteiger partial charge is 0.393 e. The maximum atomic E-state index is 13.3. The minimum absolute atomic E-state index is 0.0295. The molecular weight excluding hydrogens is 371 g/mol. The number of nitrogens with zero attached hydrogens (tertiary/aromatic N) is 1. The van der Waals surface area contributed by atoms with E-state index in [1.165, 1.54) is 46.8 Å². The van der Waals surface area contributed by atoms with Crippen molar-refractivity contribution in [1.82, 2.24) is 4.31 Å². The summed E-state index contributed by atoms with van der Waals surface area (Å²) in [7, 11) is -3.73. The van der Waals surface area contributed by atoms with Crippen molar-refractivity contribution in [2.24, 2.45) is 0 Å². The van der Waals surface area contributed by atoms with Crippen LogP contribution in [-0.2, 0) is 10.0 Å². The van der Waals surface area contributed by atoms with Crippen LogP contribution in [0.4, 0.5) is 10.1 Å². The number of carbonyl (C=O) groups excluding carboxylic acids is 1. The summed E-state index contributed by atoms with van der Waals surface area (Å²) >= 11 is 0. The van der Waals surface area contributed by atoms with Crippen LogP contribution in [0.3, 0.4) is 0 Å². The summed E-state index contributed by atoms with van der Waals surface area (Å²) in [5, 5.41) is 12.2. The maximum absolute atomic E-state index is 13.3. The quantitative estimate of drug-likeness (QED) is 0.837. The molecule has 0 saturated carbocycles. The molecule has 2 aromatic carbocycles. The van der Waals surface area contributed by atoms with Crippen molar-refractivity contribution in [3.05, 3.63) is 59.4 Å². The van der Waals surface area contributed by atoms with Gasteiger partial charge in [0.05, 0.1) is 11.0 Å². The van der Waals surface area contributed by atoms with E-state index in [4.69, 9.17) is 0 Å². The Balaban J connectivity index is 1.80. The van der Waals surface area contributed by atoms with Crippen molar-refractivity contribution in [3.63, 3.8) is 0 Å². The third-order valence-electron chi connectivity index (χ3n) is 4.57. The molecular formula is C19H21FN2O4S. The molecule has 2 aromatic rings. The van der Waals surface area contributed by atoms with Gasteiger partial charge < -0.3 is 10.4 Å². The zero-order valence-corrected chi connectivity index (χ0v) is 15.7. The predicted octanol–water partition coefficient (Wildman–Crippen LogP) is 2.53. The molecule has 8 heteroatoms. The Labute approximate surface area is 157 Å². The number of nitrogens with one attached hydrogen (secondary N) is 1. The number of piperidine rings is 1. The van der Waals surface area contributed by atoms with Gasteiger partial charge in [0.25, 0.3) is 5.91 Å². The number of hydrogen-bond acceptors (Lipinski definition) is 4. The van der Waals surface area contributed by atoms with Gasteiger partial charge in [0.15, 0.2) is 0 Å². The fourth-order valence-corrected chi connectivity index (χ4v) is 4.47. The third kappa shape index (κ3) is 4.35. The normalized spacial score (nSPS) is 16.3. The van der Waals surface area contributed by atoms with Crippen molar-refractivity contribution in [3.8, 4) is 0 Å². The molecule has 0 bridgehead atoms. The topological polar surface area (TPSA) is 86.7 Å². The molecule has 0 aromatic heterocycles. The molecule has 2 N–H and O–H groups in total. The van der Waals surface area contributed by atoms with E-state index in [9.17, 15) is 22.7 Å². The highest BCUT2D eigenvalue weighted by Crippen LogP contribution is 2.22. The van der Waals surface area contributed by atoms with Gasteiger partial charge in [-0.25, -0.2) is 12.8 Å². The van der Waals surface area contributed by atoms with Crippen molar-refractivity contribution >= 4 is 21.6 Å². The van der Waals surface area contributed by atoms with Crippen LogP contribution in [0, 0.1) is 12.7 Å². The van der Waals surface area contributed by atoms with E-state index in [1.54, 1.807) is 6.92 Å². The molecule has 27 heavy (non-hydrogen) atoms. The Bertz CT molecular complexity index is 954. The van der Waals surface area contributed by atoms with Crippen molar-refractivity contribution in [2.45, 2.75) is 30.8 Å². The van der Waals surface area contributed by atoms with E-state index in [0.29, 0.717) is 24.1 Å². The number of aliphatic hydroxyl groups is 1. The average molecular weight is 392 g/mol. The predicted molar refractivity (Wildman–Crippen MR) is 99.5 cm³/mol. The number of benzene rings is 2. The number of aryl methyl sites for hydroxylation is 1. The van der Waals surface area contributed by atoms with Gasteiger partial charge in [0.2, 0.25) is 10.0 Å². The molecule has 3 rings (SSSR count). The Morgan fingerprint density at radius 3 is 2.56 bits per heavy atom. The van der Waals surface area contributed by atoms with E-state index in [1.807, 2.05) is 0 Å². The summed E-state index contributed by atoms with van der Waals surface area (Å²) in [5.41, 5.74) is 1.02. The molecule has 0 radical (unpaired) electrons. The molecule has 1 saturated heterocycles. The SMILES string of the molecule is Cc1cc(NC(=O)c2cccc(S(=O)(=O)N3CCC(O)CC3)c2)ccc1F. The van der Waals surface area contributed by atoms with Gasteiger partial charge in [-0.15, -0.1) is 0 Å². The highest BCUT2D eigenvalue weighted by atomic mass is 32.2. The smallest absolute Gasteiger partial charge is 0.255 e. The second-order valence-corrected chi connectivity index (χ2v) is 8.52. The number of aliphatic hydroxyl groups excluding tert-OH is 1. The molecule has 1 heterocycles. The van der Waals surface area contributed by atoms with Crippen molar-refractivity contribution in [2.75, 3.05) is 18.4 Å². The van der Waals surface area contributed by atoms with Gasteiger partial charge in [-0.2, -0.15) is 4.31 Å². The number of anilines is 1. The zero-order valence-electron chi connectivity index (χ0n) is 14.9. The summed E-state index contributed by atoms with van der Waals surface area (Å²) in [6, 6.07) is 10.0. The Morgan fingerprint density at radius 1 is 1.19 bits per heavy atom. The Kier molecular flexibility index (Phi) is 5.59. The molecule has 1 amide bonds. The first-order chi connectivity index (χ1) is 12.8. The van der Waals surface area contributed by atoms with Crippen LogP contribution in [0.25, 0.3) is 0 Å². The number of rotatable bonds is 4. The van der Waals surface area contributed by atoms with E-state index < -0.39 is 22.0 Å². The lowest BCUT2D eigenvalue weighted by Crippen LogP contribution is -2.40. The van der Waals surface area contributed by atoms with E-state index >= 15 is 0 Å². The minimum Gasteiger partial charge on any atom is -0.393 e. The molecule has 1 aliphatic heterocycles. The van der Waals surface area contributed by atoms with Crippen LogP contribution >= 0.6 is 0 Å².